The van der Waals surface area contributed by atoms with E-state index in [-0.39, 0.29) is 0 Å². The van der Waals surface area contributed by atoms with Gasteiger partial charge in [0.05, 0.1) is 4.88 Å². The summed E-state index contributed by atoms with van der Waals surface area (Å²) in [6, 6.07) is 4.10. The molecule has 72 valence electrons. The molecule has 0 atom stereocenters. The summed E-state index contributed by atoms with van der Waals surface area (Å²) in [6.07, 6.45) is 1.04. The van der Waals surface area contributed by atoms with Crippen molar-refractivity contribution >= 4 is 17.2 Å². The average Bonchev–Trinajstić information content (AvgIpc) is 2.54. The zero-order valence-electron chi connectivity index (χ0n) is 8.00. The Hall–Kier alpha value is -0.870. The van der Waals surface area contributed by atoms with E-state index in [2.05, 4.69) is 30.3 Å². The van der Waals surface area contributed by atoms with Gasteiger partial charge in [0.1, 0.15) is 0 Å². The van der Waals surface area contributed by atoms with Crippen LogP contribution in [-0.4, -0.2) is 12.4 Å². The number of thiophene rings is 1. The van der Waals surface area contributed by atoms with Gasteiger partial charge in [-0.25, -0.2) is 5.84 Å². The van der Waals surface area contributed by atoms with Crippen molar-refractivity contribution < 1.29 is 0 Å². The molecule has 0 aliphatic heterocycles. The first-order valence-corrected chi connectivity index (χ1v) is 5.17. The van der Waals surface area contributed by atoms with Gasteiger partial charge in [0.25, 0.3) is 0 Å². The summed E-state index contributed by atoms with van der Waals surface area (Å²) in [5.74, 6) is 6.17. The molecule has 13 heavy (non-hydrogen) atoms. The maximum absolute atomic E-state index is 5.38. The number of amidine groups is 1. The van der Waals surface area contributed by atoms with Crippen molar-refractivity contribution in [3.05, 3.63) is 21.9 Å². The molecule has 0 amide bonds. The van der Waals surface area contributed by atoms with Gasteiger partial charge < -0.3 is 5.43 Å². The Labute approximate surface area is 82.7 Å². The summed E-state index contributed by atoms with van der Waals surface area (Å²) in [4.78, 5) is 6.71. The van der Waals surface area contributed by atoms with E-state index >= 15 is 0 Å². The fourth-order valence-electron chi connectivity index (χ4n) is 0.980. The fraction of sp³-hybridized carbons (Fsp3) is 0.444. The number of aliphatic imine (C=N–C) groups is 1. The lowest BCUT2D eigenvalue weighted by molar-refractivity contribution is 0.909. The highest BCUT2D eigenvalue weighted by atomic mass is 32.1. The average molecular weight is 197 g/mol. The van der Waals surface area contributed by atoms with Crippen LogP contribution in [-0.2, 0) is 0 Å². The van der Waals surface area contributed by atoms with Crippen LogP contribution in [0.1, 0.15) is 23.1 Å². The summed E-state index contributed by atoms with van der Waals surface area (Å²) in [5, 5.41) is 0. The zero-order chi connectivity index (χ0) is 9.68. The number of aryl methyl sites for hydroxylation is 1. The molecular weight excluding hydrogens is 182 g/mol. The van der Waals surface area contributed by atoms with Crippen molar-refractivity contribution in [1.82, 2.24) is 5.43 Å². The SMILES string of the molecule is CCCN=C(NN)c1ccc(C)s1. The Morgan fingerprint density at radius 2 is 2.38 bits per heavy atom. The minimum Gasteiger partial charge on any atom is -0.308 e. The molecule has 0 aliphatic rings. The van der Waals surface area contributed by atoms with Crippen molar-refractivity contribution in [1.29, 1.82) is 0 Å². The van der Waals surface area contributed by atoms with Gasteiger partial charge in [0.2, 0.25) is 0 Å². The van der Waals surface area contributed by atoms with Crippen molar-refractivity contribution in [3.63, 3.8) is 0 Å². The molecule has 0 saturated heterocycles. The highest BCUT2D eigenvalue weighted by molar-refractivity contribution is 7.14. The summed E-state index contributed by atoms with van der Waals surface area (Å²) in [6.45, 7) is 4.98. The lowest BCUT2D eigenvalue weighted by atomic mass is 10.4. The molecular formula is C9H15N3S. The Balaban J connectivity index is 2.77. The zero-order valence-corrected chi connectivity index (χ0v) is 8.82. The van der Waals surface area contributed by atoms with E-state index in [9.17, 15) is 0 Å². The molecule has 1 aromatic heterocycles. The fourth-order valence-corrected chi connectivity index (χ4v) is 1.82. The molecule has 0 fully saturated rings. The van der Waals surface area contributed by atoms with Gasteiger partial charge in [0.15, 0.2) is 5.84 Å². The highest BCUT2D eigenvalue weighted by Gasteiger charge is 2.02. The number of nitrogens with zero attached hydrogens (tertiary/aromatic N) is 1. The van der Waals surface area contributed by atoms with Crippen LogP contribution < -0.4 is 11.3 Å². The number of nitrogens with two attached hydrogens (primary N) is 1. The van der Waals surface area contributed by atoms with Crippen LogP contribution in [0.3, 0.4) is 0 Å². The molecule has 0 spiro atoms. The van der Waals surface area contributed by atoms with Gasteiger partial charge in [-0.15, -0.1) is 11.3 Å². The van der Waals surface area contributed by atoms with E-state index in [1.807, 2.05) is 6.07 Å². The van der Waals surface area contributed by atoms with Crippen molar-refractivity contribution in [2.24, 2.45) is 10.8 Å². The topological polar surface area (TPSA) is 50.4 Å². The molecule has 0 saturated carbocycles. The minimum atomic E-state index is 0.792. The number of nitrogens with one attached hydrogen (secondary N) is 1. The maximum Gasteiger partial charge on any atom is 0.152 e. The van der Waals surface area contributed by atoms with Gasteiger partial charge in [-0.3, -0.25) is 4.99 Å². The second-order valence-electron chi connectivity index (χ2n) is 2.78. The Morgan fingerprint density at radius 1 is 1.62 bits per heavy atom. The van der Waals surface area contributed by atoms with Crippen LogP contribution in [0.4, 0.5) is 0 Å². The van der Waals surface area contributed by atoms with Crippen molar-refractivity contribution in [2.45, 2.75) is 20.3 Å². The third-order valence-electron chi connectivity index (χ3n) is 1.60. The summed E-state index contributed by atoms with van der Waals surface area (Å²) in [5.41, 5.74) is 2.63. The molecule has 0 bridgehead atoms. The van der Waals surface area contributed by atoms with E-state index in [1.165, 1.54) is 4.88 Å². The Morgan fingerprint density at radius 3 is 2.85 bits per heavy atom. The predicted octanol–water partition coefficient (Wildman–Crippen LogP) is 1.68. The first-order chi connectivity index (χ1) is 6.27. The molecule has 0 radical (unpaired) electrons. The van der Waals surface area contributed by atoms with Gasteiger partial charge in [-0.2, -0.15) is 0 Å². The largest absolute Gasteiger partial charge is 0.308 e. The Bertz CT molecular complexity index is 291. The smallest absolute Gasteiger partial charge is 0.152 e. The van der Waals surface area contributed by atoms with Gasteiger partial charge in [-0.05, 0) is 25.5 Å². The van der Waals surface area contributed by atoms with Crippen LogP contribution in [0.15, 0.2) is 17.1 Å². The van der Waals surface area contributed by atoms with Crippen molar-refractivity contribution in [3.8, 4) is 0 Å². The normalized spacial score (nSPS) is 11.8. The summed E-state index contributed by atoms with van der Waals surface area (Å²) in [7, 11) is 0. The van der Waals surface area contributed by atoms with Crippen LogP contribution >= 0.6 is 11.3 Å². The molecule has 3 nitrogen and oxygen atoms in total. The van der Waals surface area contributed by atoms with Crippen LogP contribution in [0, 0.1) is 6.92 Å². The first-order valence-electron chi connectivity index (χ1n) is 4.35. The van der Waals surface area contributed by atoms with E-state index in [0.717, 1.165) is 23.7 Å². The maximum atomic E-state index is 5.38. The van der Waals surface area contributed by atoms with Gasteiger partial charge in [0, 0.05) is 11.4 Å². The summed E-state index contributed by atoms with van der Waals surface area (Å²) >= 11 is 1.70. The number of hydrazine groups is 1. The lowest BCUT2D eigenvalue weighted by Gasteiger charge is -2.01. The first kappa shape index (κ1) is 10.2. The summed E-state index contributed by atoms with van der Waals surface area (Å²) < 4.78 is 0. The number of hydrogen-bond donors (Lipinski definition) is 2. The minimum absolute atomic E-state index is 0.792. The van der Waals surface area contributed by atoms with E-state index in [1.54, 1.807) is 11.3 Å². The van der Waals surface area contributed by atoms with E-state index in [4.69, 9.17) is 5.84 Å². The number of hydrogen-bond acceptors (Lipinski definition) is 3. The Kier molecular flexibility index (Phi) is 3.92. The molecule has 1 aromatic rings. The third-order valence-corrected chi connectivity index (χ3v) is 2.61. The van der Waals surface area contributed by atoms with Gasteiger partial charge >= 0.3 is 0 Å². The molecule has 0 unspecified atom stereocenters. The molecule has 1 rings (SSSR count). The molecule has 3 N–H and O–H groups in total. The molecule has 0 aliphatic carbocycles. The predicted molar refractivity (Wildman–Crippen MR) is 58.1 cm³/mol. The van der Waals surface area contributed by atoms with Crippen LogP contribution in [0.2, 0.25) is 0 Å². The molecule has 0 aromatic carbocycles. The lowest BCUT2D eigenvalue weighted by Crippen LogP contribution is -2.30. The molecule has 4 heteroatoms. The second-order valence-corrected chi connectivity index (χ2v) is 4.07. The quantitative estimate of drug-likeness (QED) is 0.335. The van der Waals surface area contributed by atoms with E-state index in [0.29, 0.717) is 0 Å². The number of rotatable bonds is 3. The monoisotopic (exact) mass is 197 g/mol. The highest BCUT2D eigenvalue weighted by Crippen LogP contribution is 2.14. The standard InChI is InChI=1S/C9H15N3S/c1-3-6-11-9(12-10)8-5-4-7(2)13-8/h4-5H,3,6,10H2,1-2H3,(H,11,12). The second kappa shape index (κ2) is 4.99. The van der Waals surface area contributed by atoms with Crippen molar-refractivity contribution in [2.75, 3.05) is 6.54 Å². The van der Waals surface area contributed by atoms with E-state index < -0.39 is 0 Å². The van der Waals surface area contributed by atoms with Crippen LogP contribution in [0.25, 0.3) is 0 Å². The van der Waals surface area contributed by atoms with Gasteiger partial charge in [-0.1, -0.05) is 6.92 Å². The van der Waals surface area contributed by atoms with Crippen LogP contribution in [0.5, 0.6) is 0 Å². The molecule has 1 heterocycles. The third kappa shape index (κ3) is 2.82.